The van der Waals surface area contributed by atoms with Crippen LogP contribution in [-0.2, 0) is 16.1 Å². The van der Waals surface area contributed by atoms with Gasteiger partial charge in [-0.1, -0.05) is 26.0 Å². The molecular formula is C24H30N2O5S. The van der Waals surface area contributed by atoms with E-state index in [0.29, 0.717) is 42.6 Å². The number of carbonyl (C=O) groups excluding carboxylic acids is 3. The Bertz CT molecular complexity index is 971. The predicted octanol–water partition coefficient (Wildman–Crippen LogP) is 3.49. The van der Waals surface area contributed by atoms with Crippen LogP contribution < -0.4 is 4.74 Å². The molecule has 1 fully saturated rings. The van der Waals surface area contributed by atoms with E-state index in [0.717, 1.165) is 11.3 Å². The van der Waals surface area contributed by atoms with Crippen LogP contribution in [0.1, 0.15) is 46.4 Å². The van der Waals surface area contributed by atoms with Gasteiger partial charge < -0.3 is 19.3 Å². The zero-order valence-electron chi connectivity index (χ0n) is 19.0. The highest BCUT2D eigenvalue weighted by Gasteiger charge is 2.32. The number of ketones is 1. The molecule has 1 atom stereocenters. The van der Waals surface area contributed by atoms with E-state index >= 15 is 0 Å². The van der Waals surface area contributed by atoms with Crippen LogP contribution in [0.15, 0.2) is 35.7 Å². The summed E-state index contributed by atoms with van der Waals surface area (Å²) in [6, 6.07) is 9.23. The Balaban J connectivity index is 1.77. The molecule has 3 rings (SSSR count). The second-order valence-corrected chi connectivity index (χ2v) is 9.33. The molecule has 1 aromatic heterocycles. The Labute approximate surface area is 192 Å². The molecule has 1 aliphatic rings. The van der Waals surface area contributed by atoms with Gasteiger partial charge in [-0.3, -0.25) is 14.4 Å². The maximum absolute atomic E-state index is 13.1. The Morgan fingerprint density at radius 3 is 2.66 bits per heavy atom. The molecule has 0 bridgehead atoms. The second-order valence-electron chi connectivity index (χ2n) is 8.42. The number of nitrogens with zero attached hydrogens (tertiary/aromatic N) is 2. The number of benzene rings is 1. The molecule has 2 aromatic rings. The zero-order chi connectivity index (χ0) is 23.3. The number of carbonyl (C=O) groups is 3. The Hall–Kier alpha value is -2.71. The molecule has 0 N–H and O–H groups in total. The fourth-order valence-electron chi connectivity index (χ4n) is 3.65. The van der Waals surface area contributed by atoms with Gasteiger partial charge in [0.2, 0.25) is 5.91 Å². The molecule has 1 saturated heterocycles. The van der Waals surface area contributed by atoms with Gasteiger partial charge in [0, 0.05) is 25.0 Å². The van der Waals surface area contributed by atoms with Crippen LogP contribution in [0.25, 0.3) is 0 Å². The van der Waals surface area contributed by atoms with E-state index < -0.39 is 0 Å². The Morgan fingerprint density at radius 1 is 1.22 bits per heavy atom. The SMILES string of the molecule is COc1cccc(COC2CN(CC(C)C)C(=O)CN(C(=O)c3csc(C(C)=O)c3)C2)c1. The summed E-state index contributed by atoms with van der Waals surface area (Å²) in [6.45, 7) is 7.26. The molecule has 1 unspecified atom stereocenters. The average molecular weight is 459 g/mol. The molecule has 1 aromatic carbocycles. The summed E-state index contributed by atoms with van der Waals surface area (Å²) in [6.07, 6.45) is -0.332. The van der Waals surface area contributed by atoms with Gasteiger partial charge in [0.1, 0.15) is 12.3 Å². The van der Waals surface area contributed by atoms with Gasteiger partial charge in [-0.25, -0.2) is 0 Å². The molecule has 172 valence electrons. The first kappa shape index (κ1) is 23.9. The van der Waals surface area contributed by atoms with Crippen molar-refractivity contribution in [2.75, 3.05) is 33.3 Å². The van der Waals surface area contributed by atoms with Gasteiger partial charge >= 0.3 is 0 Å². The lowest BCUT2D eigenvalue weighted by Gasteiger charge is -2.26. The first-order chi connectivity index (χ1) is 15.3. The predicted molar refractivity (Wildman–Crippen MR) is 123 cm³/mol. The Morgan fingerprint density at radius 2 is 2.00 bits per heavy atom. The summed E-state index contributed by atoms with van der Waals surface area (Å²) in [5.41, 5.74) is 1.38. The van der Waals surface area contributed by atoms with Crippen LogP contribution in [-0.4, -0.2) is 66.8 Å². The van der Waals surface area contributed by atoms with E-state index in [2.05, 4.69) is 13.8 Å². The number of methoxy groups -OCH3 is 1. The number of Topliss-reactive ketones (excluding diaryl/α,β-unsaturated/α-hetero) is 1. The molecular weight excluding hydrogens is 428 g/mol. The number of rotatable bonds is 8. The van der Waals surface area contributed by atoms with E-state index in [-0.39, 0.29) is 30.2 Å². The summed E-state index contributed by atoms with van der Waals surface area (Å²) >= 11 is 1.24. The zero-order valence-corrected chi connectivity index (χ0v) is 19.8. The maximum atomic E-state index is 13.1. The molecule has 0 saturated carbocycles. The first-order valence-corrected chi connectivity index (χ1v) is 11.6. The number of thiophene rings is 1. The van der Waals surface area contributed by atoms with Crippen molar-refractivity contribution < 1.29 is 23.9 Å². The van der Waals surface area contributed by atoms with Crippen molar-refractivity contribution in [2.45, 2.75) is 33.5 Å². The van der Waals surface area contributed by atoms with E-state index in [9.17, 15) is 14.4 Å². The minimum atomic E-state index is -0.332. The van der Waals surface area contributed by atoms with E-state index in [1.165, 1.54) is 23.2 Å². The monoisotopic (exact) mass is 458 g/mol. The van der Waals surface area contributed by atoms with Gasteiger partial charge in [-0.2, -0.15) is 0 Å². The third-order valence-electron chi connectivity index (χ3n) is 5.21. The largest absolute Gasteiger partial charge is 0.497 e. The van der Waals surface area contributed by atoms with Crippen molar-refractivity contribution in [3.8, 4) is 5.75 Å². The molecule has 1 aliphatic heterocycles. The standard InChI is InChI=1S/C24H30N2O5S/c1-16(2)10-25-11-21(31-14-18-6-5-7-20(8-18)30-4)12-26(13-23(25)28)24(29)19-9-22(17(3)27)32-15-19/h5-9,15-16,21H,10-14H2,1-4H3. The van der Waals surface area contributed by atoms with Crippen molar-refractivity contribution in [3.05, 3.63) is 51.7 Å². The summed E-state index contributed by atoms with van der Waals surface area (Å²) in [7, 11) is 1.62. The lowest BCUT2D eigenvalue weighted by atomic mass is 10.2. The van der Waals surface area contributed by atoms with Gasteiger partial charge in [0.15, 0.2) is 5.78 Å². The van der Waals surface area contributed by atoms with Crippen LogP contribution in [0.4, 0.5) is 0 Å². The van der Waals surface area contributed by atoms with E-state index in [4.69, 9.17) is 9.47 Å². The minimum Gasteiger partial charge on any atom is -0.497 e. The van der Waals surface area contributed by atoms with Crippen molar-refractivity contribution in [1.29, 1.82) is 0 Å². The first-order valence-electron chi connectivity index (χ1n) is 10.7. The number of hydrogen-bond donors (Lipinski definition) is 0. The molecule has 0 spiro atoms. The second kappa shape index (κ2) is 10.7. The van der Waals surface area contributed by atoms with Crippen LogP contribution in [0.3, 0.4) is 0 Å². The van der Waals surface area contributed by atoms with Crippen molar-refractivity contribution in [1.82, 2.24) is 9.80 Å². The summed E-state index contributed by atoms with van der Waals surface area (Å²) in [4.78, 5) is 41.5. The van der Waals surface area contributed by atoms with E-state index in [1.54, 1.807) is 23.5 Å². The number of ether oxygens (including phenoxy) is 2. The lowest BCUT2D eigenvalue weighted by molar-refractivity contribution is -0.132. The molecule has 32 heavy (non-hydrogen) atoms. The molecule has 2 heterocycles. The van der Waals surface area contributed by atoms with Gasteiger partial charge in [0.05, 0.1) is 30.3 Å². The fraction of sp³-hybridized carbons (Fsp3) is 0.458. The smallest absolute Gasteiger partial charge is 0.255 e. The minimum absolute atomic E-state index is 0.00414. The highest BCUT2D eigenvalue weighted by atomic mass is 32.1. The topological polar surface area (TPSA) is 76.2 Å². The third kappa shape index (κ3) is 6.17. The van der Waals surface area contributed by atoms with Crippen molar-refractivity contribution in [3.63, 3.8) is 0 Å². The van der Waals surface area contributed by atoms with Crippen LogP contribution in [0.2, 0.25) is 0 Å². The normalized spacial score (nSPS) is 16.9. The average Bonchev–Trinajstić information content (AvgIpc) is 3.20. The molecule has 7 nitrogen and oxygen atoms in total. The van der Waals surface area contributed by atoms with Gasteiger partial charge in [-0.15, -0.1) is 11.3 Å². The quantitative estimate of drug-likeness (QED) is 0.566. The van der Waals surface area contributed by atoms with E-state index in [1.807, 2.05) is 24.3 Å². The number of amides is 2. The Kier molecular flexibility index (Phi) is 8.04. The molecule has 0 radical (unpaired) electrons. The molecule has 2 amide bonds. The molecule has 0 aliphatic carbocycles. The lowest BCUT2D eigenvalue weighted by Crippen LogP contribution is -2.40. The van der Waals surface area contributed by atoms with Crippen LogP contribution in [0, 0.1) is 5.92 Å². The van der Waals surface area contributed by atoms with Gasteiger partial charge in [-0.05, 0) is 36.6 Å². The fourth-order valence-corrected chi connectivity index (χ4v) is 4.43. The summed E-state index contributed by atoms with van der Waals surface area (Å²) in [5, 5.41) is 1.67. The van der Waals surface area contributed by atoms with Crippen LogP contribution >= 0.6 is 11.3 Å². The molecule has 8 heteroatoms. The maximum Gasteiger partial charge on any atom is 0.255 e. The number of hydrogen-bond acceptors (Lipinski definition) is 6. The van der Waals surface area contributed by atoms with Crippen molar-refractivity contribution in [2.24, 2.45) is 5.92 Å². The third-order valence-corrected chi connectivity index (χ3v) is 6.24. The highest BCUT2D eigenvalue weighted by molar-refractivity contribution is 7.12. The summed E-state index contributed by atoms with van der Waals surface area (Å²) in [5.74, 6) is 0.614. The van der Waals surface area contributed by atoms with Gasteiger partial charge in [0.25, 0.3) is 5.91 Å². The van der Waals surface area contributed by atoms with Crippen LogP contribution in [0.5, 0.6) is 5.75 Å². The summed E-state index contributed by atoms with van der Waals surface area (Å²) < 4.78 is 11.4. The highest BCUT2D eigenvalue weighted by Crippen LogP contribution is 2.20. The van der Waals surface area contributed by atoms with Crippen molar-refractivity contribution >= 4 is 28.9 Å².